The summed E-state index contributed by atoms with van der Waals surface area (Å²) >= 11 is 0. The van der Waals surface area contributed by atoms with Crippen LogP contribution in [0.2, 0.25) is 0 Å². The number of methoxy groups -OCH3 is 2. The summed E-state index contributed by atoms with van der Waals surface area (Å²) < 4.78 is 21.7. The Morgan fingerprint density at radius 1 is 0.870 bits per heavy atom. The summed E-state index contributed by atoms with van der Waals surface area (Å²) in [6.07, 6.45) is 5.76. The lowest BCUT2D eigenvalue weighted by Crippen LogP contribution is -2.41. The summed E-state index contributed by atoms with van der Waals surface area (Å²) in [5.41, 5.74) is 0. The fraction of sp³-hybridized carbons (Fsp3) is 0.765. The summed E-state index contributed by atoms with van der Waals surface area (Å²) in [5, 5.41) is 0. The van der Waals surface area contributed by atoms with Gasteiger partial charge in [-0.1, -0.05) is 12.2 Å². The Labute approximate surface area is 137 Å². The van der Waals surface area contributed by atoms with E-state index in [1.54, 1.807) is 14.2 Å². The van der Waals surface area contributed by atoms with Crippen molar-refractivity contribution in [3.63, 3.8) is 0 Å². The number of carbonyl (C=O) groups is 2. The van der Waals surface area contributed by atoms with Gasteiger partial charge in [-0.3, -0.25) is 9.59 Å². The average Bonchev–Trinajstić information content (AvgIpc) is 2.98. The minimum Gasteiger partial charge on any atom is -0.466 e. The molecule has 0 amide bonds. The summed E-state index contributed by atoms with van der Waals surface area (Å²) in [5.74, 6) is -0.461. The highest BCUT2D eigenvalue weighted by Crippen LogP contribution is 2.58. The van der Waals surface area contributed by atoms with Crippen molar-refractivity contribution in [3.8, 4) is 0 Å². The van der Waals surface area contributed by atoms with Crippen LogP contribution >= 0.6 is 0 Å². The molecular weight excluding hydrogens is 300 g/mol. The maximum atomic E-state index is 11.0. The molecule has 1 saturated carbocycles. The van der Waals surface area contributed by atoms with Crippen LogP contribution in [-0.4, -0.2) is 45.2 Å². The van der Waals surface area contributed by atoms with Gasteiger partial charge in [0.1, 0.15) is 0 Å². The molecule has 6 nitrogen and oxygen atoms in total. The zero-order chi connectivity index (χ0) is 17.0. The van der Waals surface area contributed by atoms with Crippen LogP contribution in [0.5, 0.6) is 0 Å². The van der Waals surface area contributed by atoms with E-state index >= 15 is 0 Å². The molecule has 6 heteroatoms. The predicted molar refractivity (Wildman–Crippen MR) is 82.3 cm³/mol. The largest absolute Gasteiger partial charge is 0.466 e. The molecule has 0 aromatic carbocycles. The lowest BCUT2D eigenvalue weighted by molar-refractivity contribution is -0.234. The van der Waals surface area contributed by atoms with Gasteiger partial charge in [-0.05, 0) is 24.7 Å². The minimum atomic E-state index is -0.665. The van der Waals surface area contributed by atoms with Crippen LogP contribution in [0.1, 0.15) is 26.7 Å². The van der Waals surface area contributed by atoms with Gasteiger partial charge in [-0.2, -0.15) is 0 Å². The number of esters is 2. The number of ether oxygens (including phenoxy) is 4. The van der Waals surface area contributed by atoms with Gasteiger partial charge in [0.05, 0.1) is 13.2 Å². The molecule has 0 aliphatic heterocycles. The molecule has 130 valence electrons. The molecule has 1 fully saturated rings. The van der Waals surface area contributed by atoms with Crippen LogP contribution in [0.4, 0.5) is 0 Å². The van der Waals surface area contributed by atoms with E-state index in [0.29, 0.717) is 13.2 Å². The van der Waals surface area contributed by atoms with Crippen LogP contribution in [0.25, 0.3) is 0 Å². The molecule has 0 unspecified atom stereocenters. The van der Waals surface area contributed by atoms with E-state index in [1.807, 2.05) is 0 Å². The second-order valence-corrected chi connectivity index (χ2v) is 6.15. The molecule has 0 radical (unpaired) electrons. The van der Waals surface area contributed by atoms with E-state index < -0.39 is 5.79 Å². The van der Waals surface area contributed by atoms with Crippen LogP contribution in [0, 0.1) is 23.7 Å². The molecular formula is C17H26O6. The molecule has 2 rings (SSSR count). The zero-order valence-corrected chi connectivity index (χ0v) is 14.2. The zero-order valence-electron chi connectivity index (χ0n) is 14.2. The Kier molecular flexibility index (Phi) is 5.81. The van der Waals surface area contributed by atoms with Crippen molar-refractivity contribution in [2.75, 3.05) is 27.4 Å². The average molecular weight is 326 g/mol. The molecule has 0 heterocycles. The molecule has 23 heavy (non-hydrogen) atoms. The molecule has 4 atom stereocenters. The highest BCUT2D eigenvalue weighted by atomic mass is 16.7. The third-order valence-electron chi connectivity index (χ3n) is 5.08. The van der Waals surface area contributed by atoms with Gasteiger partial charge in [-0.15, -0.1) is 0 Å². The first-order valence-electron chi connectivity index (χ1n) is 8.01. The summed E-state index contributed by atoms with van der Waals surface area (Å²) in [7, 11) is 3.32. The van der Waals surface area contributed by atoms with Crippen LogP contribution in [-0.2, 0) is 28.5 Å². The second-order valence-electron chi connectivity index (χ2n) is 6.15. The third-order valence-corrected chi connectivity index (χ3v) is 5.08. The molecule has 0 spiro atoms. The lowest BCUT2D eigenvalue weighted by Gasteiger charge is -2.32. The van der Waals surface area contributed by atoms with Gasteiger partial charge in [0.15, 0.2) is 5.79 Å². The SMILES string of the molecule is COC1(OC)[C@@H]2C=C[C@H]1[C@H](CCOC(C)=O)[C@H]2CCOC(C)=O. The fourth-order valence-electron chi connectivity index (χ4n) is 4.24. The molecule has 0 aromatic rings. The van der Waals surface area contributed by atoms with E-state index in [0.717, 1.165) is 12.8 Å². The highest BCUT2D eigenvalue weighted by Gasteiger charge is 2.62. The molecule has 0 aromatic heterocycles. The number of hydrogen-bond donors (Lipinski definition) is 0. The molecule has 0 N–H and O–H groups in total. The Bertz CT molecular complexity index is 430. The van der Waals surface area contributed by atoms with Crippen molar-refractivity contribution in [1.82, 2.24) is 0 Å². The van der Waals surface area contributed by atoms with Crippen molar-refractivity contribution in [1.29, 1.82) is 0 Å². The number of fused-ring (bicyclic) bond motifs is 2. The molecule has 2 aliphatic rings. The van der Waals surface area contributed by atoms with E-state index in [9.17, 15) is 9.59 Å². The summed E-state index contributed by atoms with van der Waals surface area (Å²) in [6, 6.07) is 0. The van der Waals surface area contributed by atoms with E-state index in [1.165, 1.54) is 13.8 Å². The van der Waals surface area contributed by atoms with Crippen molar-refractivity contribution >= 4 is 11.9 Å². The first-order valence-corrected chi connectivity index (χ1v) is 8.01. The first-order chi connectivity index (χ1) is 11.0. The number of carbonyl (C=O) groups excluding carboxylic acids is 2. The summed E-state index contributed by atoms with van der Waals surface area (Å²) in [6.45, 7) is 3.58. The molecule has 0 saturated heterocycles. The number of rotatable bonds is 8. The normalized spacial score (nSPS) is 30.4. The van der Waals surface area contributed by atoms with Gasteiger partial charge < -0.3 is 18.9 Å². The van der Waals surface area contributed by atoms with Crippen molar-refractivity contribution in [3.05, 3.63) is 12.2 Å². The maximum absolute atomic E-state index is 11.0. The quantitative estimate of drug-likeness (QED) is 0.386. The Morgan fingerprint density at radius 3 is 1.57 bits per heavy atom. The number of hydrogen-bond acceptors (Lipinski definition) is 6. The predicted octanol–water partition coefficient (Wildman–Crippen LogP) is 1.93. The van der Waals surface area contributed by atoms with Crippen molar-refractivity contribution in [2.45, 2.75) is 32.5 Å². The standard InChI is InChI=1S/C17H26O6/c1-11(18)22-9-7-13-14(8-10-23-12(2)19)16-6-5-15(13)17(16,20-3)21-4/h5-6,13-16H,7-10H2,1-4H3/t13-,14-,15-,16+/m1/s1. The van der Waals surface area contributed by atoms with E-state index in [4.69, 9.17) is 18.9 Å². The van der Waals surface area contributed by atoms with E-state index in [-0.39, 0.29) is 35.6 Å². The van der Waals surface area contributed by atoms with Crippen LogP contribution < -0.4 is 0 Å². The van der Waals surface area contributed by atoms with E-state index in [2.05, 4.69) is 12.2 Å². The Balaban J connectivity index is 2.09. The van der Waals surface area contributed by atoms with Crippen molar-refractivity contribution in [2.24, 2.45) is 23.7 Å². The summed E-state index contributed by atoms with van der Waals surface area (Å²) in [4.78, 5) is 22.0. The van der Waals surface area contributed by atoms with Gasteiger partial charge in [0, 0.05) is 39.9 Å². The molecule has 2 bridgehead atoms. The monoisotopic (exact) mass is 326 g/mol. The van der Waals surface area contributed by atoms with Crippen LogP contribution in [0.3, 0.4) is 0 Å². The third kappa shape index (κ3) is 3.43. The van der Waals surface area contributed by atoms with Crippen molar-refractivity contribution < 1.29 is 28.5 Å². The van der Waals surface area contributed by atoms with Crippen LogP contribution in [0.15, 0.2) is 12.2 Å². The minimum absolute atomic E-state index is 0.111. The van der Waals surface area contributed by atoms with Gasteiger partial charge in [0.25, 0.3) is 0 Å². The topological polar surface area (TPSA) is 71.1 Å². The fourth-order valence-corrected chi connectivity index (χ4v) is 4.24. The lowest BCUT2D eigenvalue weighted by atomic mass is 9.79. The van der Waals surface area contributed by atoms with Gasteiger partial charge in [-0.25, -0.2) is 0 Å². The Morgan fingerprint density at radius 2 is 1.26 bits per heavy atom. The molecule has 2 aliphatic carbocycles. The highest BCUT2D eigenvalue weighted by molar-refractivity contribution is 5.66. The maximum Gasteiger partial charge on any atom is 0.302 e. The van der Waals surface area contributed by atoms with Gasteiger partial charge in [0.2, 0.25) is 0 Å². The smallest absolute Gasteiger partial charge is 0.302 e. The second kappa shape index (κ2) is 7.45. The Hall–Kier alpha value is -1.40. The first kappa shape index (κ1) is 17.9. The van der Waals surface area contributed by atoms with Gasteiger partial charge >= 0.3 is 11.9 Å².